The lowest BCUT2D eigenvalue weighted by molar-refractivity contribution is 0.593. The maximum atomic E-state index is 4.15. The number of hydrogen-bond donors (Lipinski definition) is 1. The molecule has 0 saturated carbocycles. The normalized spacial score (nSPS) is 17.2. The fourth-order valence-corrected chi connectivity index (χ4v) is 2.99. The minimum Gasteiger partial charge on any atom is -0.323 e. The van der Waals surface area contributed by atoms with Gasteiger partial charge in [0, 0.05) is 28.5 Å². The van der Waals surface area contributed by atoms with Crippen molar-refractivity contribution in [2.24, 2.45) is 0 Å². The van der Waals surface area contributed by atoms with Crippen LogP contribution in [0.1, 0.15) is 16.5 Å². The molecule has 0 aliphatic carbocycles. The van der Waals surface area contributed by atoms with E-state index in [0.717, 1.165) is 11.3 Å². The molecule has 3 aromatic rings. The van der Waals surface area contributed by atoms with Gasteiger partial charge in [-0.2, -0.15) is 4.68 Å². The molecule has 0 saturated heterocycles. The Morgan fingerprint density at radius 2 is 2.25 bits per heavy atom. The van der Waals surface area contributed by atoms with Gasteiger partial charge in [0.1, 0.15) is 6.04 Å². The second-order valence-electron chi connectivity index (χ2n) is 4.35. The SMILES string of the molecule is C1=C(c2cccnc2)Nc2nnnn2C1c1cccs1. The van der Waals surface area contributed by atoms with Crippen molar-refractivity contribution in [3.05, 3.63) is 58.6 Å². The topological polar surface area (TPSA) is 68.5 Å². The average molecular weight is 282 g/mol. The molecule has 1 aliphatic rings. The second-order valence-corrected chi connectivity index (χ2v) is 5.33. The van der Waals surface area contributed by atoms with Crippen LogP contribution >= 0.6 is 11.3 Å². The predicted octanol–water partition coefficient (Wildman–Crippen LogP) is 2.19. The first-order valence-electron chi connectivity index (χ1n) is 6.12. The minimum absolute atomic E-state index is 0.0106. The van der Waals surface area contributed by atoms with E-state index in [1.54, 1.807) is 22.2 Å². The summed E-state index contributed by atoms with van der Waals surface area (Å²) in [7, 11) is 0. The summed E-state index contributed by atoms with van der Waals surface area (Å²) in [6, 6.07) is 8.05. The summed E-state index contributed by atoms with van der Waals surface area (Å²) in [4.78, 5) is 5.35. The molecule has 98 valence electrons. The van der Waals surface area contributed by atoms with E-state index in [1.807, 2.05) is 24.4 Å². The van der Waals surface area contributed by atoms with E-state index in [4.69, 9.17) is 0 Å². The molecule has 0 aromatic carbocycles. The van der Waals surface area contributed by atoms with Gasteiger partial charge in [-0.05, 0) is 40.1 Å². The van der Waals surface area contributed by atoms with Gasteiger partial charge < -0.3 is 5.32 Å². The highest BCUT2D eigenvalue weighted by Gasteiger charge is 2.24. The Hall–Kier alpha value is -2.54. The first-order valence-corrected chi connectivity index (χ1v) is 7.00. The van der Waals surface area contributed by atoms with Crippen molar-refractivity contribution in [1.29, 1.82) is 0 Å². The Bertz CT molecular complexity index is 746. The number of anilines is 1. The Labute approximate surface area is 118 Å². The van der Waals surface area contributed by atoms with E-state index in [2.05, 4.69) is 43.3 Å². The molecule has 3 aromatic heterocycles. The second kappa shape index (κ2) is 4.53. The fraction of sp³-hybridized carbons (Fsp3) is 0.0769. The third-order valence-corrected chi connectivity index (χ3v) is 4.08. The molecular formula is C13H10N6S. The van der Waals surface area contributed by atoms with Crippen LogP contribution in [0, 0.1) is 0 Å². The number of aromatic nitrogens is 5. The first-order chi connectivity index (χ1) is 9.92. The fourth-order valence-electron chi connectivity index (χ4n) is 2.21. The standard InChI is InChI=1S/C13H10N6S/c1-3-9(8-14-5-1)10-7-11(12-4-2-6-20-12)19-13(15-10)16-17-18-19/h1-8,11H,(H,15,16,18). The molecule has 6 nitrogen and oxygen atoms in total. The highest BCUT2D eigenvalue weighted by Crippen LogP contribution is 2.33. The van der Waals surface area contributed by atoms with Gasteiger partial charge in [0.25, 0.3) is 0 Å². The molecular weight excluding hydrogens is 272 g/mol. The predicted molar refractivity (Wildman–Crippen MR) is 76.1 cm³/mol. The molecule has 0 amide bonds. The Morgan fingerprint density at radius 1 is 1.25 bits per heavy atom. The average Bonchev–Trinajstić information content (AvgIpc) is 3.18. The number of hydrogen-bond acceptors (Lipinski definition) is 6. The zero-order chi connectivity index (χ0) is 13.4. The monoisotopic (exact) mass is 282 g/mol. The molecule has 0 bridgehead atoms. The quantitative estimate of drug-likeness (QED) is 0.780. The highest BCUT2D eigenvalue weighted by molar-refractivity contribution is 7.10. The van der Waals surface area contributed by atoms with Gasteiger partial charge in [-0.15, -0.1) is 11.3 Å². The summed E-state index contributed by atoms with van der Waals surface area (Å²) in [5.74, 6) is 0.643. The van der Waals surface area contributed by atoms with Crippen molar-refractivity contribution in [3.8, 4) is 0 Å². The van der Waals surface area contributed by atoms with Crippen molar-refractivity contribution < 1.29 is 0 Å². The number of tetrazole rings is 1. The van der Waals surface area contributed by atoms with E-state index in [0.29, 0.717) is 5.95 Å². The number of fused-ring (bicyclic) bond motifs is 1. The zero-order valence-corrected chi connectivity index (χ0v) is 11.2. The van der Waals surface area contributed by atoms with Crippen LogP contribution in [0.3, 0.4) is 0 Å². The van der Waals surface area contributed by atoms with Crippen LogP contribution in [-0.4, -0.2) is 25.2 Å². The van der Waals surface area contributed by atoms with Crippen molar-refractivity contribution in [3.63, 3.8) is 0 Å². The zero-order valence-electron chi connectivity index (χ0n) is 10.3. The Kier molecular flexibility index (Phi) is 2.56. The summed E-state index contributed by atoms with van der Waals surface area (Å²) in [5.41, 5.74) is 1.99. The van der Waals surface area contributed by atoms with Gasteiger partial charge in [0.05, 0.1) is 0 Å². The molecule has 1 N–H and O–H groups in total. The van der Waals surface area contributed by atoms with Crippen molar-refractivity contribution in [2.75, 3.05) is 5.32 Å². The largest absolute Gasteiger partial charge is 0.323 e. The van der Waals surface area contributed by atoms with Crippen molar-refractivity contribution >= 4 is 23.0 Å². The van der Waals surface area contributed by atoms with Crippen LogP contribution < -0.4 is 5.32 Å². The molecule has 0 radical (unpaired) electrons. The lowest BCUT2D eigenvalue weighted by Crippen LogP contribution is -2.19. The van der Waals surface area contributed by atoms with Crippen molar-refractivity contribution in [2.45, 2.75) is 6.04 Å². The van der Waals surface area contributed by atoms with Crippen LogP contribution in [0.5, 0.6) is 0 Å². The third kappa shape index (κ3) is 1.79. The highest BCUT2D eigenvalue weighted by atomic mass is 32.1. The lowest BCUT2D eigenvalue weighted by atomic mass is 10.1. The van der Waals surface area contributed by atoms with E-state index in [1.165, 1.54) is 4.88 Å². The lowest BCUT2D eigenvalue weighted by Gasteiger charge is -2.22. The molecule has 1 aliphatic heterocycles. The maximum Gasteiger partial charge on any atom is 0.248 e. The van der Waals surface area contributed by atoms with Gasteiger partial charge in [-0.25, -0.2) is 0 Å². The number of rotatable bonds is 2. The number of allylic oxidation sites excluding steroid dienone is 1. The summed E-state index contributed by atoms with van der Waals surface area (Å²) in [6.07, 6.45) is 5.70. The smallest absolute Gasteiger partial charge is 0.248 e. The molecule has 1 unspecified atom stereocenters. The van der Waals surface area contributed by atoms with Crippen molar-refractivity contribution in [1.82, 2.24) is 25.2 Å². The number of pyridine rings is 1. The molecule has 1 atom stereocenters. The van der Waals surface area contributed by atoms with Crippen LogP contribution in [-0.2, 0) is 0 Å². The van der Waals surface area contributed by atoms with Gasteiger partial charge >= 0.3 is 0 Å². The summed E-state index contributed by atoms with van der Waals surface area (Å²) >= 11 is 1.69. The molecule has 4 rings (SSSR count). The van der Waals surface area contributed by atoms with E-state index < -0.39 is 0 Å². The summed E-state index contributed by atoms with van der Waals surface area (Å²) in [6.45, 7) is 0. The van der Waals surface area contributed by atoms with Gasteiger partial charge in [0.2, 0.25) is 5.95 Å². The van der Waals surface area contributed by atoms with E-state index in [9.17, 15) is 0 Å². The number of nitrogens with one attached hydrogen (secondary N) is 1. The third-order valence-electron chi connectivity index (χ3n) is 3.13. The van der Waals surface area contributed by atoms with Crippen LogP contribution in [0.15, 0.2) is 48.1 Å². The van der Waals surface area contributed by atoms with Crippen LogP contribution in [0.25, 0.3) is 5.70 Å². The van der Waals surface area contributed by atoms with E-state index in [-0.39, 0.29) is 6.04 Å². The van der Waals surface area contributed by atoms with Crippen LogP contribution in [0.2, 0.25) is 0 Å². The minimum atomic E-state index is 0.0106. The molecule has 0 spiro atoms. The van der Waals surface area contributed by atoms with E-state index >= 15 is 0 Å². The Morgan fingerprint density at radius 3 is 3.05 bits per heavy atom. The summed E-state index contributed by atoms with van der Waals surface area (Å²) < 4.78 is 1.78. The van der Waals surface area contributed by atoms with Crippen LogP contribution in [0.4, 0.5) is 5.95 Å². The molecule has 0 fully saturated rings. The molecule has 20 heavy (non-hydrogen) atoms. The molecule has 7 heteroatoms. The Balaban J connectivity index is 1.83. The number of thiophene rings is 1. The van der Waals surface area contributed by atoms with Gasteiger partial charge in [-0.1, -0.05) is 11.2 Å². The first kappa shape index (κ1) is 11.3. The van der Waals surface area contributed by atoms with Gasteiger partial charge in [-0.3, -0.25) is 4.98 Å². The number of nitrogens with zero attached hydrogens (tertiary/aromatic N) is 5. The maximum absolute atomic E-state index is 4.15. The molecule has 4 heterocycles. The van der Waals surface area contributed by atoms with Gasteiger partial charge in [0.15, 0.2) is 0 Å². The summed E-state index contributed by atoms with van der Waals surface area (Å²) in [5, 5.41) is 17.1.